The summed E-state index contributed by atoms with van der Waals surface area (Å²) >= 11 is -0.128. The molecular weight excluding hydrogens is 206 g/mol. The molecule has 1 rings (SSSR count). The van der Waals surface area contributed by atoms with E-state index < -0.39 is 0 Å². The van der Waals surface area contributed by atoms with Gasteiger partial charge >= 0.3 is 51.4 Å². The predicted octanol–water partition coefficient (Wildman–Crippen LogP) is 0.147. The first-order chi connectivity index (χ1) is 3.43. The number of hydrogen-bond donors (Lipinski definition) is 0. The molecule has 0 unspecified atom stereocenters. The summed E-state index contributed by atoms with van der Waals surface area (Å²) in [5.74, 6) is 0. The number of ether oxygens (including phenoxy) is 1. The Bertz CT molecular complexity index is 126. The quantitative estimate of drug-likeness (QED) is 0.616. The van der Waals surface area contributed by atoms with Gasteiger partial charge in [0.2, 0.25) is 0 Å². The zero-order chi connectivity index (χ0) is 5.11. The molecule has 0 amide bonds. The van der Waals surface area contributed by atoms with Gasteiger partial charge in [0.05, 0.1) is 0 Å². The normalized spacial score (nSPS) is 8.71. The van der Waals surface area contributed by atoms with Gasteiger partial charge < -0.3 is 0 Å². The zero-order valence-corrected chi connectivity index (χ0v) is 6.25. The van der Waals surface area contributed by atoms with Crippen LogP contribution in [0.4, 0.5) is 0 Å². The number of aromatic nitrogens is 1. The minimum atomic E-state index is -0.128. The summed E-state index contributed by atoms with van der Waals surface area (Å²) in [5.41, 5.74) is 0. The van der Waals surface area contributed by atoms with E-state index in [9.17, 15) is 0 Å². The molecule has 1 aromatic rings. The van der Waals surface area contributed by atoms with Crippen LogP contribution in [0.1, 0.15) is 0 Å². The zero-order valence-electron chi connectivity index (χ0n) is 3.92. The third-order valence-corrected chi connectivity index (χ3v) is 2.70. The van der Waals surface area contributed by atoms with Gasteiger partial charge in [0.25, 0.3) is 0 Å². The topological polar surface area (TPSA) is 22.1 Å². The van der Waals surface area contributed by atoms with E-state index in [4.69, 9.17) is 4.74 Å². The first-order valence-corrected chi connectivity index (χ1v) is 4.37. The van der Waals surface area contributed by atoms with Crippen LogP contribution in [0.25, 0.3) is 0 Å². The van der Waals surface area contributed by atoms with Crippen LogP contribution in [-0.4, -0.2) is 32.5 Å². The van der Waals surface area contributed by atoms with Gasteiger partial charge in [-0.2, -0.15) is 0 Å². The van der Waals surface area contributed by atoms with Crippen LogP contribution in [0, 0.1) is 0 Å². The molecule has 38 valence electrons. The second kappa shape index (κ2) is 2.34. The Kier molecular flexibility index (Phi) is 1.72. The molecule has 0 saturated heterocycles. The fourth-order valence-corrected chi connectivity index (χ4v) is 1.57. The van der Waals surface area contributed by atoms with Gasteiger partial charge in [-0.15, -0.1) is 0 Å². The summed E-state index contributed by atoms with van der Waals surface area (Å²) < 4.78 is 7.93. The standard InChI is InChI=1S/C4H5NOTe/c1-6-4-2-5-3-7-4/h2-3H,1H3. The summed E-state index contributed by atoms with van der Waals surface area (Å²) in [6.45, 7) is 0. The Morgan fingerprint density at radius 3 is 3.00 bits per heavy atom. The number of hydrogen-bond acceptors (Lipinski definition) is 2. The van der Waals surface area contributed by atoms with Gasteiger partial charge in [-0.1, -0.05) is 0 Å². The number of methoxy groups -OCH3 is 1. The second-order valence-corrected chi connectivity index (χ2v) is 3.45. The predicted molar refractivity (Wildman–Crippen MR) is 27.7 cm³/mol. The Balaban J connectivity index is 2.76. The molecule has 0 aliphatic rings. The molecule has 2 nitrogen and oxygen atoms in total. The van der Waals surface area contributed by atoms with Crippen molar-refractivity contribution >= 4 is 20.4 Å². The van der Waals surface area contributed by atoms with Crippen molar-refractivity contribution in [1.82, 2.24) is 4.98 Å². The monoisotopic (exact) mass is 213 g/mol. The summed E-state index contributed by atoms with van der Waals surface area (Å²) in [6, 6.07) is 0. The van der Waals surface area contributed by atoms with E-state index >= 15 is 0 Å². The summed E-state index contributed by atoms with van der Waals surface area (Å²) in [7, 11) is 1.69. The maximum absolute atomic E-state index is 4.90. The SMILES string of the molecule is COc1cnc[te]1. The first kappa shape index (κ1) is 5.14. The maximum atomic E-state index is 4.90. The molecule has 0 aromatic carbocycles. The van der Waals surface area contributed by atoms with Crippen LogP contribution in [0.2, 0.25) is 0 Å². The molecule has 3 heteroatoms. The average molecular weight is 211 g/mol. The molecule has 0 saturated carbocycles. The first-order valence-electron chi connectivity index (χ1n) is 1.86. The van der Waals surface area contributed by atoms with Crippen LogP contribution in [0.15, 0.2) is 10.4 Å². The van der Waals surface area contributed by atoms with E-state index in [-0.39, 0.29) is 20.4 Å². The van der Waals surface area contributed by atoms with Crippen molar-refractivity contribution in [2.24, 2.45) is 0 Å². The van der Waals surface area contributed by atoms with Crippen LogP contribution in [0.3, 0.4) is 0 Å². The molecule has 0 N–H and O–H groups in total. The van der Waals surface area contributed by atoms with Gasteiger partial charge in [-0.3, -0.25) is 0 Å². The molecule has 0 aliphatic heterocycles. The van der Waals surface area contributed by atoms with Crippen molar-refractivity contribution in [3.63, 3.8) is 0 Å². The second-order valence-electron chi connectivity index (χ2n) is 1.02. The van der Waals surface area contributed by atoms with Gasteiger partial charge in [0, 0.05) is 0 Å². The van der Waals surface area contributed by atoms with Crippen LogP contribution >= 0.6 is 0 Å². The van der Waals surface area contributed by atoms with Gasteiger partial charge in [0.1, 0.15) is 0 Å². The molecule has 1 aromatic heterocycles. The third-order valence-electron chi connectivity index (χ3n) is 0.611. The molecule has 0 atom stereocenters. The van der Waals surface area contributed by atoms with E-state index in [1.165, 1.54) is 0 Å². The molecule has 0 bridgehead atoms. The Labute approximate surface area is 51.8 Å². The summed E-state index contributed by atoms with van der Waals surface area (Å²) in [5, 5.41) is 0. The van der Waals surface area contributed by atoms with Crippen molar-refractivity contribution in [1.29, 1.82) is 0 Å². The third kappa shape index (κ3) is 1.18. The van der Waals surface area contributed by atoms with E-state index in [0.29, 0.717) is 0 Å². The Morgan fingerprint density at radius 2 is 2.71 bits per heavy atom. The molecule has 0 radical (unpaired) electrons. The molecule has 0 fully saturated rings. The van der Waals surface area contributed by atoms with Crippen molar-refractivity contribution in [2.45, 2.75) is 0 Å². The van der Waals surface area contributed by atoms with Crippen molar-refractivity contribution in [2.75, 3.05) is 7.11 Å². The molecule has 1 heterocycles. The van der Waals surface area contributed by atoms with Gasteiger partial charge in [-0.05, 0) is 0 Å². The van der Waals surface area contributed by atoms with E-state index in [0.717, 1.165) is 3.77 Å². The summed E-state index contributed by atoms with van der Waals surface area (Å²) in [4.78, 5) is 3.88. The number of rotatable bonds is 1. The summed E-state index contributed by atoms with van der Waals surface area (Å²) in [6.07, 6.45) is 1.78. The fraction of sp³-hybridized carbons (Fsp3) is 0.250. The van der Waals surface area contributed by atoms with E-state index in [1.807, 2.05) is 4.21 Å². The van der Waals surface area contributed by atoms with Gasteiger partial charge in [0.15, 0.2) is 0 Å². The number of nitrogens with zero attached hydrogens (tertiary/aromatic N) is 1. The van der Waals surface area contributed by atoms with Crippen molar-refractivity contribution < 1.29 is 4.74 Å². The Morgan fingerprint density at radius 1 is 1.86 bits per heavy atom. The van der Waals surface area contributed by atoms with E-state index in [1.54, 1.807) is 13.3 Å². The van der Waals surface area contributed by atoms with Crippen molar-refractivity contribution in [3.8, 4) is 3.77 Å². The van der Waals surface area contributed by atoms with Gasteiger partial charge in [-0.25, -0.2) is 0 Å². The average Bonchev–Trinajstić information content (AvgIpc) is 2.14. The van der Waals surface area contributed by atoms with Crippen LogP contribution in [0.5, 0.6) is 3.77 Å². The molecule has 0 aliphatic carbocycles. The molecule has 0 spiro atoms. The molecule has 7 heavy (non-hydrogen) atoms. The Hall–Kier alpha value is -0.000390. The van der Waals surface area contributed by atoms with Crippen LogP contribution in [-0.2, 0) is 0 Å². The van der Waals surface area contributed by atoms with Crippen LogP contribution < -0.4 is 4.74 Å². The minimum absolute atomic E-state index is 0.128. The fourth-order valence-electron chi connectivity index (χ4n) is 0.305. The van der Waals surface area contributed by atoms with Crippen molar-refractivity contribution in [3.05, 3.63) is 10.4 Å². The van der Waals surface area contributed by atoms with E-state index in [2.05, 4.69) is 4.98 Å². The molecular formula is C4H5NOTe.